The predicted molar refractivity (Wildman–Crippen MR) is 108 cm³/mol. The summed E-state index contributed by atoms with van der Waals surface area (Å²) in [5.74, 6) is -1.11. The summed E-state index contributed by atoms with van der Waals surface area (Å²) < 4.78 is 10.2. The fourth-order valence-corrected chi connectivity index (χ4v) is 4.32. The number of nitrogens with zero attached hydrogens (tertiary/aromatic N) is 2. The lowest BCUT2D eigenvalue weighted by Gasteiger charge is -2.15. The minimum Gasteiger partial charge on any atom is -0.465 e. The Morgan fingerprint density at radius 3 is 1.60 bits per heavy atom. The first kappa shape index (κ1) is 20.0. The summed E-state index contributed by atoms with van der Waals surface area (Å²) in [5.41, 5.74) is 0. The third-order valence-electron chi connectivity index (χ3n) is 4.05. The summed E-state index contributed by atoms with van der Waals surface area (Å²) in [4.78, 5) is 63.3. The number of carbonyl (C=O) groups excluding carboxylic acids is 5. The molecule has 0 aliphatic carbocycles. The molecule has 0 radical (unpaired) electrons. The Hall–Kier alpha value is -3.31. The predicted octanol–water partition coefficient (Wildman–Crippen LogP) is 3.21. The number of ketones is 1. The second-order valence-electron chi connectivity index (χ2n) is 6.11. The van der Waals surface area contributed by atoms with E-state index in [4.69, 9.17) is 8.83 Å². The molecule has 2 aliphatic rings. The summed E-state index contributed by atoms with van der Waals surface area (Å²) in [6, 6.07) is 6.51. The Labute approximate surface area is 177 Å². The van der Waals surface area contributed by atoms with Gasteiger partial charge in [-0.25, -0.2) is 0 Å². The van der Waals surface area contributed by atoms with Gasteiger partial charge < -0.3 is 8.83 Å². The molecule has 0 saturated carbocycles. The lowest BCUT2D eigenvalue weighted by molar-refractivity contribution is -0.131. The van der Waals surface area contributed by atoms with Gasteiger partial charge in [-0.2, -0.15) is 0 Å². The van der Waals surface area contributed by atoms with Crippen LogP contribution in [0.2, 0.25) is 0 Å². The van der Waals surface area contributed by atoms with Crippen LogP contribution in [0.15, 0.2) is 55.4 Å². The van der Waals surface area contributed by atoms with Gasteiger partial charge in [-0.1, -0.05) is 0 Å². The van der Waals surface area contributed by atoms with E-state index in [2.05, 4.69) is 0 Å². The largest absolute Gasteiger partial charge is 0.465 e. The van der Waals surface area contributed by atoms with Crippen LogP contribution >= 0.6 is 23.5 Å². The zero-order chi connectivity index (χ0) is 21.3. The lowest BCUT2D eigenvalue weighted by Crippen LogP contribution is -2.40. The first-order chi connectivity index (χ1) is 14.4. The molecule has 152 valence electrons. The number of imide groups is 2. The van der Waals surface area contributed by atoms with Crippen LogP contribution in [0.1, 0.15) is 11.5 Å². The standard InChI is InChI=1S/C19H12N2O7S2/c22-11(9-20-16(23)14(29-18(20)25)7-12-3-1-5-27-12)10-21-17(24)15(30-19(21)26)8-13-4-2-6-28-13/h1-8H,9-10H2. The van der Waals surface area contributed by atoms with Gasteiger partial charge in [0.1, 0.15) is 11.5 Å². The van der Waals surface area contributed by atoms with Crippen molar-refractivity contribution in [1.82, 2.24) is 9.80 Å². The fourth-order valence-electron chi connectivity index (χ4n) is 2.68. The molecule has 2 aromatic rings. The van der Waals surface area contributed by atoms with E-state index < -0.39 is 41.2 Å². The van der Waals surface area contributed by atoms with E-state index in [1.807, 2.05) is 0 Å². The molecule has 9 nitrogen and oxygen atoms in total. The number of rotatable bonds is 6. The van der Waals surface area contributed by atoms with Crippen LogP contribution in [0.4, 0.5) is 9.59 Å². The fraction of sp³-hybridized carbons (Fsp3) is 0.105. The number of Topliss-reactive ketones (excluding diaryl/α,β-unsaturated/α-hetero) is 1. The van der Waals surface area contributed by atoms with Gasteiger partial charge in [-0.3, -0.25) is 33.8 Å². The summed E-state index contributed by atoms with van der Waals surface area (Å²) >= 11 is 1.37. The zero-order valence-corrected chi connectivity index (χ0v) is 16.7. The van der Waals surface area contributed by atoms with Crippen molar-refractivity contribution in [2.45, 2.75) is 0 Å². The molecule has 2 fully saturated rings. The van der Waals surface area contributed by atoms with Crippen molar-refractivity contribution >= 4 is 63.8 Å². The van der Waals surface area contributed by atoms with Crippen molar-refractivity contribution in [3.63, 3.8) is 0 Å². The van der Waals surface area contributed by atoms with Crippen molar-refractivity contribution < 1.29 is 32.8 Å². The number of thioether (sulfide) groups is 2. The smallest absolute Gasteiger partial charge is 0.293 e. The van der Waals surface area contributed by atoms with Crippen molar-refractivity contribution in [2.75, 3.05) is 13.1 Å². The topological polar surface area (TPSA) is 118 Å². The molecule has 0 spiro atoms. The average molecular weight is 444 g/mol. The van der Waals surface area contributed by atoms with Crippen molar-refractivity contribution in [3.8, 4) is 0 Å². The number of carbonyl (C=O) groups is 5. The molecule has 2 aliphatic heterocycles. The van der Waals surface area contributed by atoms with Crippen LogP contribution in [0.3, 0.4) is 0 Å². The number of furan rings is 2. The molecule has 4 rings (SSSR count). The highest BCUT2D eigenvalue weighted by atomic mass is 32.2. The van der Waals surface area contributed by atoms with Crippen LogP contribution in [0.5, 0.6) is 0 Å². The van der Waals surface area contributed by atoms with Gasteiger partial charge in [0.05, 0.1) is 35.4 Å². The monoisotopic (exact) mass is 444 g/mol. The van der Waals surface area contributed by atoms with Crippen molar-refractivity contribution in [2.24, 2.45) is 0 Å². The van der Waals surface area contributed by atoms with Gasteiger partial charge in [-0.05, 0) is 47.8 Å². The second kappa shape index (κ2) is 8.20. The molecule has 2 aromatic heterocycles. The van der Waals surface area contributed by atoms with E-state index in [0.717, 1.165) is 9.80 Å². The molecular weight excluding hydrogens is 432 g/mol. The molecule has 0 bridgehead atoms. The van der Waals surface area contributed by atoms with Crippen LogP contribution in [0.25, 0.3) is 12.2 Å². The minimum absolute atomic E-state index is 0.121. The van der Waals surface area contributed by atoms with E-state index in [9.17, 15) is 24.0 Å². The van der Waals surface area contributed by atoms with Gasteiger partial charge in [0.15, 0.2) is 5.78 Å². The maximum absolute atomic E-state index is 12.4. The molecule has 0 N–H and O–H groups in total. The van der Waals surface area contributed by atoms with Crippen molar-refractivity contribution in [1.29, 1.82) is 0 Å². The Morgan fingerprint density at radius 2 is 1.23 bits per heavy atom. The molecular formula is C19H12N2O7S2. The van der Waals surface area contributed by atoms with E-state index in [-0.39, 0.29) is 9.81 Å². The summed E-state index contributed by atoms with van der Waals surface area (Å²) in [6.07, 6.45) is 5.67. The maximum atomic E-state index is 12.4. The lowest BCUT2D eigenvalue weighted by atomic mass is 10.3. The molecule has 2 saturated heterocycles. The van der Waals surface area contributed by atoms with E-state index in [1.54, 1.807) is 24.3 Å². The van der Waals surface area contributed by atoms with E-state index >= 15 is 0 Å². The average Bonchev–Trinajstić information content (AvgIpc) is 3.49. The second-order valence-corrected chi connectivity index (χ2v) is 8.09. The SMILES string of the molecule is O=C(CN1C(=O)SC(=Cc2ccco2)C1=O)CN1C(=O)SC(=Cc2ccco2)C1=O. The van der Waals surface area contributed by atoms with Gasteiger partial charge in [-0.15, -0.1) is 0 Å². The Morgan fingerprint density at radius 1 is 0.800 bits per heavy atom. The maximum Gasteiger partial charge on any atom is 0.293 e. The molecule has 4 amide bonds. The summed E-state index contributed by atoms with van der Waals surface area (Å²) in [6.45, 7) is -1.09. The number of hydrogen-bond donors (Lipinski definition) is 0. The van der Waals surface area contributed by atoms with Crippen LogP contribution in [-0.2, 0) is 14.4 Å². The first-order valence-electron chi connectivity index (χ1n) is 8.52. The first-order valence-corrected chi connectivity index (χ1v) is 10.1. The van der Waals surface area contributed by atoms with Gasteiger partial charge in [0, 0.05) is 12.2 Å². The molecule has 0 atom stereocenters. The third kappa shape index (κ3) is 4.02. The normalized spacial score (nSPS) is 19.7. The quantitative estimate of drug-likeness (QED) is 0.619. The zero-order valence-electron chi connectivity index (χ0n) is 15.1. The highest BCUT2D eigenvalue weighted by Gasteiger charge is 2.39. The third-order valence-corrected chi connectivity index (χ3v) is 5.86. The van der Waals surface area contributed by atoms with Crippen LogP contribution in [0, 0.1) is 0 Å². The van der Waals surface area contributed by atoms with Gasteiger partial charge in [0.25, 0.3) is 22.3 Å². The molecule has 30 heavy (non-hydrogen) atoms. The number of amides is 4. The molecule has 0 unspecified atom stereocenters. The van der Waals surface area contributed by atoms with E-state index in [0.29, 0.717) is 35.0 Å². The summed E-state index contributed by atoms with van der Waals surface area (Å²) in [7, 11) is 0. The number of hydrogen-bond acceptors (Lipinski definition) is 9. The Balaban J connectivity index is 1.41. The summed E-state index contributed by atoms with van der Waals surface area (Å²) in [5, 5.41) is -1.23. The highest BCUT2D eigenvalue weighted by Crippen LogP contribution is 2.34. The molecule has 11 heteroatoms. The van der Waals surface area contributed by atoms with Crippen LogP contribution in [-0.4, -0.2) is 51.0 Å². The van der Waals surface area contributed by atoms with Crippen molar-refractivity contribution in [3.05, 3.63) is 58.1 Å². The molecule has 0 aromatic carbocycles. The van der Waals surface area contributed by atoms with Gasteiger partial charge in [0.2, 0.25) is 0 Å². The van der Waals surface area contributed by atoms with Gasteiger partial charge >= 0.3 is 0 Å². The highest BCUT2D eigenvalue weighted by molar-refractivity contribution is 8.18. The Kier molecular flexibility index (Phi) is 5.46. The van der Waals surface area contributed by atoms with E-state index in [1.165, 1.54) is 24.7 Å². The Bertz CT molecular complexity index is 1010. The molecule has 4 heterocycles. The minimum atomic E-state index is -0.637. The van der Waals surface area contributed by atoms with Crippen LogP contribution < -0.4 is 0 Å².